The smallest absolute Gasteiger partial charge is 0.305 e. The minimum atomic E-state index is -0.663. The van der Waals surface area contributed by atoms with Gasteiger partial charge in [-0.15, -0.1) is 0 Å². The van der Waals surface area contributed by atoms with Crippen molar-refractivity contribution in [2.24, 2.45) is 0 Å². The van der Waals surface area contributed by atoms with Crippen molar-refractivity contribution in [2.75, 3.05) is 13.2 Å². The molecular formula is C63H123NO5. The molecule has 69 heavy (non-hydrogen) atoms. The number of carbonyl (C=O) groups excluding carboxylic acids is 2. The van der Waals surface area contributed by atoms with E-state index in [2.05, 4.69) is 31.3 Å². The molecule has 2 atom stereocenters. The van der Waals surface area contributed by atoms with Crippen LogP contribution in [-0.4, -0.2) is 47.4 Å². The maximum absolute atomic E-state index is 12.5. The second-order valence-corrected chi connectivity index (χ2v) is 21.7. The van der Waals surface area contributed by atoms with Gasteiger partial charge in [-0.05, 0) is 51.4 Å². The number of ether oxygens (including phenoxy) is 1. The molecular weight excluding hydrogens is 851 g/mol. The number of hydrogen-bond acceptors (Lipinski definition) is 5. The molecule has 0 aromatic rings. The van der Waals surface area contributed by atoms with E-state index in [1.165, 1.54) is 276 Å². The fraction of sp³-hybridized carbons (Fsp3) is 0.937. The van der Waals surface area contributed by atoms with Gasteiger partial charge in [-0.3, -0.25) is 9.59 Å². The van der Waals surface area contributed by atoms with Crippen LogP contribution in [0.15, 0.2) is 12.2 Å². The SMILES string of the molecule is CCCCCCCC/C=C\CCCCCCCCCC(=O)OCCCCCCCCCCCCCCCCCCCCCCCCC(=O)NC(CO)C(O)CCCCCCCCCCCCCCC. The minimum absolute atomic E-state index is 0.0107. The zero-order valence-electron chi connectivity index (χ0n) is 46.8. The summed E-state index contributed by atoms with van der Waals surface area (Å²) in [5.41, 5.74) is 0. The van der Waals surface area contributed by atoms with Crippen LogP contribution < -0.4 is 5.32 Å². The average molecular weight is 975 g/mol. The molecule has 2 unspecified atom stereocenters. The van der Waals surface area contributed by atoms with Crippen molar-refractivity contribution < 1.29 is 24.5 Å². The third-order valence-electron chi connectivity index (χ3n) is 14.8. The van der Waals surface area contributed by atoms with Crippen molar-refractivity contribution in [1.29, 1.82) is 0 Å². The summed E-state index contributed by atoms with van der Waals surface area (Å²) in [6.07, 6.45) is 70.8. The first-order valence-electron chi connectivity index (χ1n) is 31.4. The van der Waals surface area contributed by atoms with Gasteiger partial charge in [-0.25, -0.2) is 0 Å². The second-order valence-electron chi connectivity index (χ2n) is 21.7. The van der Waals surface area contributed by atoms with Crippen molar-refractivity contribution in [3.05, 3.63) is 12.2 Å². The highest BCUT2D eigenvalue weighted by atomic mass is 16.5. The van der Waals surface area contributed by atoms with Gasteiger partial charge < -0.3 is 20.3 Å². The molecule has 0 aliphatic rings. The fourth-order valence-electron chi connectivity index (χ4n) is 9.99. The lowest BCUT2D eigenvalue weighted by atomic mass is 10.0. The summed E-state index contributed by atoms with van der Waals surface area (Å²) in [5.74, 6) is -0.0228. The molecule has 0 saturated carbocycles. The molecule has 0 bridgehead atoms. The topological polar surface area (TPSA) is 95.9 Å². The van der Waals surface area contributed by atoms with Gasteiger partial charge in [-0.1, -0.05) is 302 Å². The van der Waals surface area contributed by atoms with Crippen LogP contribution in [0, 0.1) is 0 Å². The number of hydrogen-bond donors (Lipinski definition) is 3. The summed E-state index contributed by atoms with van der Waals surface area (Å²) in [5, 5.41) is 23.3. The van der Waals surface area contributed by atoms with Crippen LogP contribution in [0.2, 0.25) is 0 Å². The normalized spacial score (nSPS) is 12.6. The molecule has 0 fully saturated rings. The van der Waals surface area contributed by atoms with Crippen LogP contribution in [-0.2, 0) is 14.3 Å². The molecule has 410 valence electrons. The van der Waals surface area contributed by atoms with Crippen LogP contribution in [0.3, 0.4) is 0 Å². The van der Waals surface area contributed by atoms with Crippen LogP contribution in [0.1, 0.15) is 354 Å². The van der Waals surface area contributed by atoms with E-state index in [1.807, 2.05) is 0 Å². The Balaban J connectivity index is 3.35. The van der Waals surface area contributed by atoms with Crippen molar-refractivity contribution >= 4 is 11.9 Å². The van der Waals surface area contributed by atoms with Crippen LogP contribution in [0.25, 0.3) is 0 Å². The van der Waals surface area contributed by atoms with E-state index in [0.29, 0.717) is 25.9 Å². The van der Waals surface area contributed by atoms with Crippen molar-refractivity contribution in [2.45, 2.75) is 366 Å². The number of carbonyl (C=O) groups is 2. The Labute approximate surface area is 431 Å². The van der Waals surface area contributed by atoms with Crippen LogP contribution >= 0.6 is 0 Å². The summed E-state index contributed by atoms with van der Waals surface area (Å²) in [6.45, 7) is 4.97. The fourth-order valence-corrected chi connectivity index (χ4v) is 9.99. The number of aliphatic hydroxyl groups is 2. The Morgan fingerprint density at radius 3 is 1.03 bits per heavy atom. The molecule has 0 aliphatic heterocycles. The highest BCUT2D eigenvalue weighted by Crippen LogP contribution is 2.18. The van der Waals surface area contributed by atoms with Gasteiger partial charge in [0, 0.05) is 12.8 Å². The molecule has 0 aliphatic carbocycles. The zero-order valence-corrected chi connectivity index (χ0v) is 46.8. The summed E-state index contributed by atoms with van der Waals surface area (Å²) >= 11 is 0. The Morgan fingerprint density at radius 2 is 0.681 bits per heavy atom. The van der Waals surface area contributed by atoms with E-state index < -0.39 is 12.1 Å². The molecule has 3 N–H and O–H groups in total. The summed E-state index contributed by atoms with van der Waals surface area (Å²) in [7, 11) is 0. The standard InChI is InChI=1S/C63H123NO5/c1-3-5-7-9-11-13-15-17-18-25-29-33-37-41-45-49-53-57-63(68)69-58-54-50-46-42-38-34-30-27-24-22-20-19-21-23-26-28-32-36-40-44-48-52-56-62(67)64-60(59-65)61(66)55-51-47-43-39-35-31-16-14-12-10-8-6-4-2/h17-18,60-61,65-66H,3-16,19-59H2,1-2H3,(H,64,67)/b18-17-. The lowest BCUT2D eigenvalue weighted by molar-refractivity contribution is -0.143. The van der Waals surface area contributed by atoms with E-state index in [1.54, 1.807) is 0 Å². The summed E-state index contributed by atoms with van der Waals surface area (Å²) in [6, 6.07) is -0.540. The Bertz CT molecular complexity index is 1030. The van der Waals surface area contributed by atoms with E-state index in [9.17, 15) is 19.8 Å². The Morgan fingerprint density at radius 1 is 0.391 bits per heavy atom. The summed E-state index contributed by atoms with van der Waals surface area (Å²) < 4.78 is 5.49. The molecule has 0 heterocycles. The number of allylic oxidation sites excluding steroid dienone is 2. The molecule has 0 aromatic heterocycles. The molecule has 0 radical (unpaired) electrons. The number of nitrogens with one attached hydrogen (secondary N) is 1. The van der Waals surface area contributed by atoms with E-state index >= 15 is 0 Å². The summed E-state index contributed by atoms with van der Waals surface area (Å²) in [4.78, 5) is 24.6. The van der Waals surface area contributed by atoms with Crippen LogP contribution in [0.4, 0.5) is 0 Å². The first-order chi connectivity index (χ1) is 34.0. The van der Waals surface area contributed by atoms with Crippen molar-refractivity contribution in [1.82, 2.24) is 5.32 Å². The van der Waals surface area contributed by atoms with Gasteiger partial charge in [0.1, 0.15) is 0 Å². The highest BCUT2D eigenvalue weighted by molar-refractivity contribution is 5.76. The van der Waals surface area contributed by atoms with E-state index in [4.69, 9.17) is 4.74 Å². The molecule has 0 spiro atoms. The van der Waals surface area contributed by atoms with E-state index in [0.717, 1.165) is 44.9 Å². The largest absolute Gasteiger partial charge is 0.466 e. The number of esters is 1. The third kappa shape index (κ3) is 55.8. The van der Waals surface area contributed by atoms with Gasteiger partial charge in [0.2, 0.25) is 5.91 Å². The molecule has 0 aromatic carbocycles. The maximum Gasteiger partial charge on any atom is 0.305 e. The van der Waals surface area contributed by atoms with Crippen molar-refractivity contribution in [3.8, 4) is 0 Å². The number of unbranched alkanes of at least 4 members (excludes halogenated alkanes) is 46. The third-order valence-corrected chi connectivity index (χ3v) is 14.8. The predicted octanol–water partition coefficient (Wildman–Crippen LogP) is 19.6. The number of rotatable bonds is 59. The highest BCUT2D eigenvalue weighted by Gasteiger charge is 2.20. The molecule has 1 amide bonds. The van der Waals surface area contributed by atoms with Crippen LogP contribution in [0.5, 0.6) is 0 Å². The first kappa shape index (κ1) is 67.6. The lowest BCUT2D eigenvalue weighted by Gasteiger charge is -2.22. The van der Waals surface area contributed by atoms with Gasteiger partial charge in [-0.2, -0.15) is 0 Å². The second kappa shape index (κ2) is 59.2. The number of amides is 1. The zero-order chi connectivity index (χ0) is 50.0. The molecule has 6 heteroatoms. The Hall–Kier alpha value is -1.40. The number of aliphatic hydroxyl groups excluding tert-OH is 2. The lowest BCUT2D eigenvalue weighted by Crippen LogP contribution is -2.45. The molecule has 6 nitrogen and oxygen atoms in total. The average Bonchev–Trinajstić information content (AvgIpc) is 3.35. The molecule has 0 saturated heterocycles. The van der Waals surface area contributed by atoms with Gasteiger partial charge in [0.15, 0.2) is 0 Å². The monoisotopic (exact) mass is 974 g/mol. The predicted molar refractivity (Wildman–Crippen MR) is 301 cm³/mol. The first-order valence-corrected chi connectivity index (χ1v) is 31.4. The van der Waals surface area contributed by atoms with Gasteiger partial charge in [0.25, 0.3) is 0 Å². The van der Waals surface area contributed by atoms with Gasteiger partial charge >= 0.3 is 5.97 Å². The van der Waals surface area contributed by atoms with Crippen molar-refractivity contribution in [3.63, 3.8) is 0 Å². The Kier molecular flexibility index (Phi) is 58.0. The molecule has 0 rings (SSSR count). The van der Waals surface area contributed by atoms with Gasteiger partial charge in [0.05, 0.1) is 25.4 Å². The maximum atomic E-state index is 12.5. The quantitative estimate of drug-likeness (QED) is 0.0321. The van der Waals surface area contributed by atoms with E-state index in [-0.39, 0.29) is 18.5 Å². The minimum Gasteiger partial charge on any atom is -0.466 e.